The first-order valence-corrected chi connectivity index (χ1v) is 9.63. The van der Waals surface area contributed by atoms with Crippen LogP contribution in [0.2, 0.25) is 0 Å². The number of carbonyl (C=O) groups is 2. The topological polar surface area (TPSA) is 97.3 Å². The van der Waals surface area contributed by atoms with E-state index in [0.29, 0.717) is 11.6 Å². The second kappa shape index (κ2) is 10.2. The van der Waals surface area contributed by atoms with Crippen molar-refractivity contribution in [2.75, 3.05) is 13.7 Å². The molecular weight excluding hydrogens is 401 g/mol. The van der Waals surface area contributed by atoms with Crippen molar-refractivity contribution in [1.82, 2.24) is 25.5 Å². The van der Waals surface area contributed by atoms with E-state index in [0.717, 1.165) is 11.1 Å². The zero-order chi connectivity index (χ0) is 22.2. The molecule has 0 fully saturated rings. The van der Waals surface area contributed by atoms with Gasteiger partial charge in [0.15, 0.2) is 0 Å². The SMILES string of the molecule is COc1ccc([C@@H](NC(=O)CNC(=O)NCc2ccc(F)cc2)c2nccn2C)cc1. The van der Waals surface area contributed by atoms with Crippen LogP contribution < -0.4 is 20.7 Å². The van der Waals surface area contributed by atoms with Gasteiger partial charge in [-0.25, -0.2) is 14.2 Å². The fourth-order valence-electron chi connectivity index (χ4n) is 2.97. The van der Waals surface area contributed by atoms with Crippen molar-refractivity contribution in [3.05, 3.63) is 83.7 Å². The Morgan fingerprint density at radius 1 is 1.10 bits per heavy atom. The van der Waals surface area contributed by atoms with E-state index in [4.69, 9.17) is 4.74 Å². The molecule has 9 heteroatoms. The van der Waals surface area contributed by atoms with Crippen LogP contribution in [0.15, 0.2) is 60.9 Å². The minimum absolute atomic E-state index is 0.216. The van der Waals surface area contributed by atoms with E-state index >= 15 is 0 Å². The van der Waals surface area contributed by atoms with Crippen LogP contribution in [0.3, 0.4) is 0 Å². The van der Waals surface area contributed by atoms with E-state index < -0.39 is 12.1 Å². The predicted octanol–water partition coefficient (Wildman–Crippen LogP) is 2.27. The van der Waals surface area contributed by atoms with Crippen LogP contribution in [0.25, 0.3) is 0 Å². The van der Waals surface area contributed by atoms with Crippen LogP contribution in [-0.2, 0) is 18.4 Å². The summed E-state index contributed by atoms with van der Waals surface area (Å²) in [6.07, 6.45) is 3.44. The highest BCUT2D eigenvalue weighted by Crippen LogP contribution is 2.22. The number of aryl methyl sites for hydroxylation is 1. The molecule has 0 saturated heterocycles. The maximum Gasteiger partial charge on any atom is 0.315 e. The summed E-state index contributed by atoms with van der Waals surface area (Å²) in [4.78, 5) is 28.8. The van der Waals surface area contributed by atoms with Gasteiger partial charge < -0.3 is 25.3 Å². The lowest BCUT2D eigenvalue weighted by Crippen LogP contribution is -2.43. The molecule has 0 aliphatic heterocycles. The van der Waals surface area contributed by atoms with Gasteiger partial charge in [0, 0.05) is 26.0 Å². The van der Waals surface area contributed by atoms with Gasteiger partial charge in [-0.15, -0.1) is 0 Å². The van der Waals surface area contributed by atoms with Gasteiger partial charge in [0.2, 0.25) is 5.91 Å². The van der Waals surface area contributed by atoms with Crippen LogP contribution >= 0.6 is 0 Å². The molecule has 31 heavy (non-hydrogen) atoms. The minimum Gasteiger partial charge on any atom is -0.497 e. The molecule has 3 N–H and O–H groups in total. The normalized spacial score (nSPS) is 11.5. The van der Waals surface area contributed by atoms with E-state index in [-0.39, 0.29) is 24.8 Å². The Morgan fingerprint density at radius 2 is 1.81 bits per heavy atom. The number of benzene rings is 2. The molecule has 0 radical (unpaired) electrons. The fourth-order valence-corrected chi connectivity index (χ4v) is 2.97. The molecular formula is C22H24FN5O3. The molecule has 3 amide bonds. The number of amides is 3. The smallest absolute Gasteiger partial charge is 0.315 e. The lowest BCUT2D eigenvalue weighted by atomic mass is 10.1. The van der Waals surface area contributed by atoms with Gasteiger partial charge in [-0.05, 0) is 35.4 Å². The van der Waals surface area contributed by atoms with Gasteiger partial charge in [-0.2, -0.15) is 0 Å². The average molecular weight is 425 g/mol. The molecule has 1 atom stereocenters. The first kappa shape index (κ1) is 21.8. The number of halogens is 1. The molecule has 0 spiro atoms. The number of urea groups is 1. The number of nitrogens with one attached hydrogen (secondary N) is 3. The van der Waals surface area contributed by atoms with E-state index in [1.165, 1.54) is 12.1 Å². The number of carbonyl (C=O) groups excluding carboxylic acids is 2. The molecule has 162 valence electrons. The monoisotopic (exact) mass is 425 g/mol. The van der Waals surface area contributed by atoms with E-state index in [9.17, 15) is 14.0 Å². The Balaban J connectivity index is 1.57. The van der Waals surface area contributed by atoms with Crippen LogP contribution in [0.1, 0.15) is 23.0 Å². The van der Waals surface area contributed by atoms with Gasteiger partial charge in [-0.3, -0.25) is 4.79 Å². The molecule has 3 aromatic rings. The third-order valence-electron chi connectivity index (χ3n) is 4.65. The Hall–Kier alpha value is -3.88. The first-order chi connectivity index (χ1) is 15.0. The highest BCUT2D eigenvalue weighted by molar-refractivity contribution is 5.84. The molecule has 1 heterocycles. The van der Waals surface area contributed by atoms with Crippen molar-refractivity contribution >= 4 is 11.9 Å². The number of rotatable bonds is 8. The molecule has 2 aromatic carbocycles. The lowest BCUT2D eigenvalue weighted by molar-refractivity contribution is -0.120. The number of aromatic nitrogens is 2. The number of imidazole rings is 1. The highest BCUT2D eigenvalue weighted by Gasteiger charge is 2.21. The Morgan fingerprint density at radius 3 is 2.42 bits per heavy atom. The molecule has 1 aromatic heterocycles. The zero-order valence-electron chi connectivity index (χ0n) is 17.3. The van der Waals surface area contributed by atoms with Crippen LogP contribution in [0.4, 0.5) is 9.18 Å². The Kier molecular flexibility index (Phi) is 7.21. The summed E-state index contributed by atoms with van der Waals surface area (Å²) in [6, 6.07) is 12.1. The van der Waals surface area contributed by atoms with Crippen LogP contribution in [-0.4, -0.2) is 35.1 Å². The quantitative estimate of drug-likeness (QED) is 0.516. The highest BCUT2D eigenvalue weighted by atomic mass is 19.1. The van der Waals surface area contributed by atoms with Crippen molar-refractivity contribution in [2.45, 2.75) is 12.6 Å². The average Bonchev–Trinajstić information content (AvgIpc) is 3.21. The van der Waals surface area contributed by atoms with E-state index in [2.05, 4.69) is 20.9 Å². The van der Waals surface area contributed by atoms with Gasteiger partial charge in [0.05, 0.1) is 13.7 Å². The van der Waals surface area contributed by atoms with Crippen LogP contribution in [0, 0.1) is 5.82 Å². The molecule has 3 rings (SSSR count). The summed E-state index contributed by atoms with van der Waals surface area (Å²) < 4.78 is 19.9. The summed E-state index contributed by atoms with van der Waals surface area (Å²) in [7, 11) is 3.42. The van der Waals surface area contributed by atoms with E-state index in [1.54, 1.807) is 43.8 Å². The maximum atomic E-state index is 12.9. The van der Waals surface area contributed by atoms with Gasteiger partial charge in [0.25, 0.3) is 0 Å². The molecule has 0 bridgehead atoms. The van der Waals surface area contributed by atoms with Crippen LogP contribution in [0.5, 0.6) is 5.75 Å². The summed E-state index contributed by atoms with van der Waals surface area (Å²) in [5.41, 5.74) is 1.57. The number of hydrogen-bond acceptors (Lipinski definition) is 4. The largest absolute Gasteiger partial charge is 0.497 e. The molecule has 8 nitrogen and oxygen atoms in total. The number of nitrogens with zero attached hydrogens (tertiary/aromatic N) is 2. The second-order valence-electron chi connectivity index (χ2n) is 6.83. The zero-order valence-corrected chi connectivity index (χ0v) is 17.3. The lowest BCUT2D eigenvalue weighted by Gasteiger charge is -2.19. The molecule has 0 saturated carbocycles. The number of hydrogen-bond donors (Lipinski definition) is 3. The van der Waals surface area contributed by atoms with Gasteiger partial charge in [-0.1, -0.05) is 24.3 Å². The summed E-state index contributed by atoms with van der Waals surface area (Å²) in [5.74, 6) is 0.636. The first-order valence-electron chi connectivity index (χ1n) is 9.63. The van der Waals surface area contributed by atoms with Gasteiger partial charge >= 0.3 is 6.03 Å². The third-order valence-corrected chi connectivity index (χ3v) is 4.65. The van der Waals surface area contributed by atoms with Crippen molar-refractivity contribution in [1.29, 1.82) is 0 Å². The standard InChI is InChI=1S/C22H24FN5O3/c1-28-12-11-24-21(28)20(16-5-9-18(31-2)10-6-16)27-19(29)14-26-22(30)25-13-15-3-7-17(23)8-4-15/h3-12,20H,13-14H2,1-2H3,(H,27,29)(H2,25,26,30)/t20-/m1/s1. The van der Waals surface area contributed by atoms with Crippen molar-refractivity contribution < 1.29 is 18.7 Å². The Labute approximate surface area is 179 Å². The van der Waals surface area contributed by atoms with Crippen molar-refractivity contribution in [3.63, 3.8) is 0 Å². The number of ether oxygens (including phenoxy) is 1. The van der Waals surface area contributed by atoms with Gasteiger partial charge in [0.1, 0.15) is 23.4 Å². The second-order valence-corrected chi connectivity index (χ2v) is 6.83. The summed E-state index contributed by atoms with van der Waals surface area (Å²) in [5, 5.41) is 8.04. The summed E-state index contributed by atoms with van der Waals surface area (Å²) >= 11 is 0. The minimum atomic E-state index is -0.502. The fraction of sp³-hybridized carbons (Fsp3) is 0.227. The molecule has 0 unspecified atom stereocenters. The summed E-state index contributed by atoms with van der Waals surface area (Å²) in [6.45, 7) is 0.00179. The number of methoxy groups -OCH3 is 1. The maximum absolute atomic E-state index is 12.9. The van der Waals surface area contributed by atoms with Crippen molar-refractivity contribution in [2.24, 2.45) is 7.05 Å². The predicted molar refractivity (Wildman–Crippen MR) is 113 cm³/mol. The molecule has 0 aliphatic rings. The third kappa shape index (κ3) is 6.05. The van der Waals surface area contributed by atoms with Crippen molar-refractivity contribution in [3.8, 4) is 5.75 Å². The molecule has 0 aliphatic carbocycles. The van der Waals surface area contributed by atoms with E-state index in [1.807, 2.05) is 23.7 Å². The Bertz CT molecular complexity index is 1020.